The van der Waals surface area contributed by atoms with Crippen LogP contribution in [0.25, 0.3) is 0 Å². The van der Waals surface area contributed by atoms with Crippen LogP contribution in [0.3, 0.4) is 0 Å². The largest absolute Gasteiger partial charge is 0.497 e. The van der Waals surface area contributed by atoms with Crippen molar-refractivity contribution in [1.29, 1.82) is 0 Å². The van der Waals surface area contributed by atoms with E-state index >= 15 is 0 Å². The van der Waals surface area contributed by atoms with Gasteiger partial charge in [-0.25, -0.2) is 0 Å². The minimum Gasteiger partial charge on any atom is -0.497 e. The van der Waals surface area contributed by atoms with Crippen molar-refractivity contribution in [2.75, 3.05) is 26.7 Å². The summed E-state index contributed by atoms with van der Waals surface area (Å²) in [5.74, 6) is 1.69. The number of aromatic nitrogens is 2. The number of amides is 2. The number of nitrogens with zero attached hydrogens (tertiary/aromatic N) is 4. The van der Waals surface area contributed by atoms with Gasteiger partial charge >= 0.3 is 0 Å². The van der Waals surface area contributed by atoms with Gasteiger partial charge in [-0.2, -0.15) is 4.98 Å². The van der Waals surface area contributed by atoms with E-state index in [9.17, 15) is 9.59 Å². The zero-order chi connectivity index (χ0) is 23.2. The van der Waals surface area contributed by atoms with Crippen LogP contribution in [0.4, 0.5) is 0 Å². The van der Waals surface area contributed by atoms with Crippen LogP contribution in [0.15, 0.2) is 59.1 Å². The van der Waals surface area contributed by atoms with Crippen LogP contribution in [0.5, 0.6) is 5.75 Å². The lowest BCUT2D eigenvalue weighted by atomic mass is 10.1. The molecule has 33 heavy (non-hydrogen) atoms. The van der Waals surface area contributed by atoms with E-state index in [1.165, 1.54) is 0 Å². The van der Waals surface area contributed by atoms with Crippen molar-refractivity contribution >= 4 is 11.8 Å². The molecule has 4 rings (SSSR count). The van der Waals surface area contributed by atoms with Gasteiger partial charge in [0.25, 0.3) is 5.91 Å². The van der Waals surface area contributed by atoms with E-state index in [0.29, 0.717) is 56.2 Å². The first-order chi connectivity index (χ1) is 16.0. The predicted molar refractivity (Wildman–Crippen MR) is 122 cm³/mol. The SMILES string of the molecule is COc1ccc(CCC(=O)N2CCC(c3nc(C)no3)N(C(=O)c3ccccc3)CC2)cc1. The van der Waals surface area contributed by atoms with Gasteiger partial charge in [0.1, 0.15) is 11.8 Å². The summed E-state index contributed by atoms with van der Waals surface area (Å²) >= 11 is 0. The van der Waals surface area contributed by atoms with E-state index in [-0.39, 0.29) is 17.9 Å². The number of ether oxygens (including phenoxy) is 1. The molecule has 172 valence electrons. The van der Waals surface area contributed by atoms with Crippen LogP contribution in [0, 0.1) is 6.92 Å². The minimum absolute atomic E-state index is 0.0697. The maximum atomic E-state index is 13.3. The molecule has 0 bridgehead atoms. The van der Waals surface area contributed by atoms with Gasteiger partial charge in [0.05, 0.1) is 7.11 Å². The monoisotopic (exact) mass is 448 g/mol. The molecule has 1 fully saturated rings. The number of hydrogen-bond acceptors (Lipinski definition) is 6. The highest BCUT2D eigenvalue weighted by Crippen LogP contribution is 2.28. The summed E-state index contributed by atoms with van der Waals surface area (Å²) in [5, 5.41) is 3.90. The third-order valence-electron chi connectivity index (χ3n) is 5.91. The molecule has 1 atom stereocenters. The van der Waals surface area contributed by atoms with Crippen molar-refractivity contribution < 1.29 is 18.8 Å². The third kappa shape index (κ3) is 5.39. The van der Waals surface area contributed by atoms with E-state index in [1.54, 1.807) is 31.1 Å². The summed E-state index contributed by atoms with van der Waals surface area (Å²) in [6, 6.07) is 16.5. The molecule has 0 aliphatic carbocycles. The van der Waals surface area contributed by atoms with Gasteiger partial charge < -0.3 is 19.1 Å². The molecule has 1 aliphatic rings. The molecule has 0 N–H and O–H groups in total. The average Bonchev–Trinajstić information content (AvgIpc) is 3.16. The Labute approximate surface area is 193 Å². The fourth-order valence-electron chi connectivity index (χ4n) is 4.08. The number of carbonyl (C=O) groups is 2. The number of benzene rings is 2. The molecular weight excluding hydrogens is 420 g/mol. The van der Waals surface area contributed by atoms with Gasteiger partial charge in [-0.3, -0.25) is 9.59 Å². The van der Waals surface area contributed by atoms with Crippen molar-refractivity contribution in [3.63, 3.8) is 0 Å². The van der Waals surface area contributed by atoms with Crippen molar-refractivity contribution in [3.05, 3.63) is 77.4 Å². The van der Waals surface area contributed by atoms with Crippen molar-refractivity contribution in [1.82, 2.24) is 19.9 Å². The standard InChI is InChI=1S/C25H28N4O4/c1-18-26-24(33-27-18)22-14-15-28(16-17-29(22)25(31)20-6-4-3-5-7-20)23(30)13-10-19-8-11-21(32-2)12-9-19/h3-9,11-12,22H,10,13-17H2,1-2H3. The highest BCUT2D eigenvalue weighted by molar-refractivity contribution is 5.94. The molecule has 8 heteroatoms. The summed E-state index contributed by atoms with van der Waals surface area (Å²) < 4.78 is 10.6. The van der Waals surface area contributed by atoms with E-state index in [1.807, 2.05) is 47.4 Å². The van der Waals surface area contributed by atoms with Crippen molar-refractivity contribution in [2.24, 2.45) is 0 Å². The predicted octanol–water partition coefficient (Wildman–Crippen LogP) is 3.44. The van der Waals surface area contributed by atoms with Crippen LogP contribution in [-0.2, 0) is 11.2 Å². The maximum absolute atomic E-state index is 13.3. The van der Waals surface area contributed by atoms with Gasteiger partial charge in [0.2, 0.25) is 11.8 Å². The summed E-state index contributed by atoms with van der Waals surface area (Å²) in [6.07, 6.45) is 1.59. The van der Waals surface area contributed by atoms with E-state index < -0.39 is 0 Å². The molecule has 1 saturated heterocycles. The maximum Gasteiger partial charge on any atom is 0.254 e. The summed E-state index contributed by atoms with van der Waals surface area (Å²) in [4.78, 5) is 34.2. The van der Waals surface area contributed by atoms with Crippen LogP contribution in [-0.4, -0.2) is 58.5 Å². The molecule has 1 unspecified atom stereocenters. The number of methoxy groups -OCH3 is 1. The Bertz CT molecular complexity index is 1080. The lowest BCUT2D eigenvalue weighted by molar-refractivity contribution is -0.131. The molecular formula is C25H28N4O4. The normalized spacial score (nSPS) is 16.4. The fourth-order valence-corrected chi connectivity index (χ4v) is 4.08. The Morgan fingerprint density at radius 3 is 2.48 bits per heavy atom. The number of hydrogen-bond donors (Lipinski definition) is 0. The second-order valence-corrected chi connectivity index (χ2v) is 8.08. The summed E-state index contributed by atoms with van der Waals surface area (Å²) in [7, 11) is 1.63. The van der Waals surface area contributed by atoms with Gasteiger partial charge in [-0.05, 0) is 49.6 Å². The molecule has 3 aromatic rings. The average molecular weight is 449 g/mol. The molecule has 2 aromatic carbocycles. The molecule has 0 saturated carbocycles. The third-order valence-corrected chi connectivity index (χ3v) is 5.91. The zero-order valence-electron chi connectivity index (χ0n) is 18.9. The van der Waals surface area contributed by atoms with Crippen molar-refractivity contribution in [2.45, 2.75) is 32.2 Å². The lowest BCUT2D eigenvalue weighted by Crippen LogP contribution is -2.38. The molecule has 1 aromatic heterocycles. The van der Waals surface area contributed by atoms with Crippen LogP contribution in [0.1, 0.15) is 46.5 Å². The smallest absolute Gasteiger partial charge is 0.254 e. The molecule has 2 heterocycles. The molecule has 0 radical (unpaired) electrons. The Morgan fingerprint density at radius 1 is 1.06 bits per heavy atom. The van der Waals surface area contributed by atoms with E-state index in [0.717, 1.165) is 11.3 Å². The van der Waals surface area contributed by atoms with Crippen LogP contribution in [0.2, 0.25) is 0 Å². The quantitative estimate of drug-likeness (QED) is 0.574. The Morgan fingerprint density at radius 2 is 1.82 bits per heavy atom. The molecule has 0 spiro atoms. The highest BCUT2D eigenvalue weighted by atomic mass is 16.5. The first kappa shape index (κ1) is 22.5. The van der Waals surface area contributed by atoms with Gasteiger partial charge in [-0.1, -0.05) is 35.5 Å². The van der Waals surface area contributed by atoms with Crippen LogP contribution < -0.4 is 4.74 Å². The van der Waals surface area contributed by atoms with Gasteiger partial charge in [-0.15, -0.1) is 0 Å². The Balaban J connectivity index is 1.46. The van der Waals surface area contributed by atoms with E-state index in [4.69, 9.17) is 9.26 Å². The number of carbonyl (C=O) groups excluding carboxylic acids is 2. The lowest BCUT2D eigenvalue weighted by Gasteiger charge is -2.27. The molecule has 2 amide bonds. The Kier molecular flexibility index (Phi) is 7.02. The van der Waals surface area contributed by atoms with Crippen molar-refractivity contribution in [3.8, 4) is 5.75 Å². The molecule has 8 nitrogen and oxygen atoms in total. The fraction of sp³-hybridized carbons (Fsp3) is 0.360. The second-order valence-electron chi connectivity index (χ2n) is 8.08. The summed E-state index contributed by atoms with van der Waals surface area (Å²) in [5.41, 5.74) is 1.68. The topological polar surface area (TPSA) is 88.8 Å². The van der Waals surface area contributed by atoms with E-state index in [2.05, 4.69) is 10.1 Å². The molecule has 1 aliphatic heterocycles. The summed E-state index contributed by atoms with van der Waals surface area (Å²) in [6.45, 7) is 3.13. The first-order valence-electron chi connectivity index (χ1n) is 11.1. The highest BCUT2D eigenvalue weighted by Gasteiger charge is 2.34. The minimum atomic E-state index is -0.377. The first-order valence-corrected chi connectivity index (χ1v) is 11.1. The Hall–Kier alpha value is -3.68. The number of aryl methyl sites for hydroxylation is 2. The van der Waals surface area contributed by atoms with Gasteiger partial charge in [0.15, 0.2) is 5.82 Å². The van der Waals surface area contributed by atoms with Crippen LogP contribution >= 0.6 is 0 Å². The van der Waals surface area contributed by atoms with Gasteiger partial charge in [0, 0.05) is 31.6 Å². The zero-order valence-corrected chi connectivity index (χ0v) is 18.9. The number of rotatable bonds is 6. The second kappa shape index (κ2) is 10.3.